The van der Waals surface area contributed by atoms with Crippen LogP contribution in [0.5, 0.6) is 0 Å². The fourth-order valence-electron chi connectivity index (χ4n) is 4.89. The van der Waals surface area contributed by atoms with E-state index in [2.05, 4.69) is 32.9 Å². The molecule has 7 nitrogen and oxygen atoms in total. The Bertz CT molecular complexity index is 937. The van der Waals surface area contributed by atoms with E-state index in [1.165, 1.54) is 51.6 Å². The zero-order valence-corrected chi connectivity index (χ0v) is 19.0. The molecule has 2 fully saturated rings. The molecule has 1 aliphatic heterocycles. The van der Waals surface area contributed by atoms with Crippen LogP contribution in [0.1, 0.15) is 56.6 Å². The fraction of sp³-hybridized carbons (Fsp3) is 0.542. The van der Waals surface area contributed by atoms with E-state index in [9.17, 15) is 0 Å². The third-order valence-corrected chi connectivity index (χ3v) is 7.06. The lowest BCUT2D eigenvalue weighted by molar-refractivity contribution is 0.128. The van der Waals surface area contributed by atoms with Crippen LogP contribution in [-0.2, 0) is 0 Å². The van der Waals surface area contributed by atoms with E-state index in [0.717, 1.165) is 28.3 Å². The van der Waals surface area contributed by atoms with Gasteiger partial charge < -0.3 is 21.7 Å². The summed E-state index contributed by atoms with van der Waals surface area (Å²) in [5, 5.41) is 10.5. The maximum atomic E-state index is 6.21. The Kier molecular flexibility index (Phi) is 6.41. The number of nitrogens with two attached hydrogens (primary N) is 1. The van der Waals surface area contributed by atoms with E-state index in [1.54, 1.807) is 7.05 Å². The highest BCUT2D eigenvalue weighted by molar-refractivity contribution is 6.03. The van der Waals surface area contributed by atoms with Crippen LogP contribution in [0.4, 0.5) is 23.1 Å². The molecule has 0 bridgehead atoms. The van der Waals surface area contributed by atoms with Crippen molar-refractivity contribution in [3.63, 3.8) is 0 Å². The summed E-state index contributed by atoms with van der Waals surface area (Å²) in [5.41, 5.74) is 11.3. The molecule has 1 aromatic carbocycles. The van der Waals surface area contributed by atoms with Gasteiger partial charge in [-0.1, -0.05) is 0 Å². The van der Waals surface area contributed by atoms with Crippen LogP contribution in [0.25, 0.3) is 0 Å². The lowest BCUT2D eigenvalue weighted by Crippen LogP contribution is -2.41. The molecule has 2 heterocycles. The van der Waals surface area contributed by atoms with E-state index < -0.39 is 0 Å². The SMILES string of the molecule is CN=C(C)c1ccc(Nc2ncc(C)c(NC3CCC4(CCNCC4)CC3)n2)cc1N. The normalized spacial score (nSPS) is 19.4. The highest BCUT2D eigenvalue weighted by Gasteiger charge is 2.36. The van der Waals surface area contributed by atoms with Gasteiger partial charge in [0.1, 0.15) is 5.82 Å². The summed E-state index contributed by atoms with van der Waals surface area (Å²) in [7, 11) is 1.77. The van der Waals surface area contributed by atoms with Gasteiger partial charge in [-0.25, -0.2) is 4.98 Å². The molecule has 0 unspecified atom stereocenters. The Labute approximate surface area is 185 Å². The summed E-state index contributed by atoms with van der Waals surface area (Å²) in [5.74, 6) is 1.49. The molecule has 0 amide bonds. The first kappa shape index (κ1) is 21.6. The molecule has 7 heteroatoms. The number of benzene rings is 1. The first-order valence-corrected chi connectivity index (χ1v) is 11.4. The van der Waals surface area contributed by atoms with Gasteiger partial charge >= 0.3 is 0 Å². The van der Waals surface area contributed by atoms with E-state index in [1.807, 2.05) is 31.3 Å². The van der Waals surface area contributed by atoms with Crippen LogP contribution in [-0.4, -0.2) is 41.9 Å². The number of aromatic nitrogens is 2. The van der Waals surface area contributed by atoms with Crippen LogP contribution in [0.2, 0.25) is 0 Å². The van der Waals surface area contributed by atoms with Crippen molar-refractivity contribution in [2.75, 3.05) is 36.5 Å². The zero-order chi connectivity index (χ0) is 21.8. The van der Waals surface area contributed by atoms with Crippen LogP contribution in [0, 0.1) is 12.3 Å². The maximum absolute atomic E-state index is 6.21. The van der Waals surface area contributed by atoms with Crippen molar-refractivity contribution >= 4 is 28.9 Å². The lowest BCUT2D eigenvalue weighted by atomic mass is 9.67. The number of nitrogen functional groups attached to an aromatic ring is 1. The first-order chi connectivity index (χ1) is 15.0. The maximum Gasteiger partial charge on any atom is 0.229 e. The van der Waals surface area contributed by atoms with Gasteiger partial charge in [0.15, 0.2) is 0 Å². The van der Waals surface area contributed by atoms with Crippen molar-refractivity contribution in [2.45, 2.75) is 58.4 Å². The smallest absolute Gasteiger partial charge is 0.229 e. The van der Waals surface area contributed by atoms with Crippen LogP contribution in [0.3, 0.4) is 0 Å². The Morgan fingerprint density at radius 3 is 2.61 bits per heavy atom. The van der Waals surface area contributed by atoms with Crippen molar-refractivity contribution in [1.82, 2.24) is 15.3 Å². The van der Waals surface area contributed by atoms with E-state index in [0.29, 0.717) is 23.1 Å². The van der Waals surface area contributed by atoms with Crippen molar-refractivity contribution in [3.05, 3.63) is 35.5 Å². The molecule has 4 rings (SSSR count). The molecule has 31 heavy (non-hydrogen) atoms. The molecule has 2 aliphatic rings. The number of nitrogens with zero attached hydrogens (tertiary/aromatic N) is 3. The Balaban J connectivity index is 1.41. The summed E-state index contributed by atoms with van der Waals surface area (Å²) in [6.45, 7) is 6.36. The second-order valence-electron chi connectivity index (χ2n) is 9.13. The molecule has 1 aliphatic carbocycles. The first-order valence-electron chi connectivity index (χ1n) is 11.4. The molecule has 0 radical (unpaired) electrons. The number of hydrogen-bond donors (Lipinski definition) is 4. The molecule has 1 aromatic heterocycles. The quantitative estimate of drug-likeness (QED) is 0.425. The summed E-state index contributed by atoms with van der Waals surface area (Å²) in [4.78, 5) is 13.4. The third kappa shape index (κ3) is 4.98. The van der Waals surface area contributed by atoms with E-state index in [-0.39, 0.29) is 0 Å². The Hall–Kier alpha value is -2.67. The highest BCUT2D eigenvalue weighted by atomic mass is 15.1. The van der Waals surface area contributed by atoms with Gasteiger partial charge in [0.05, 0.1) is 0 Å². The largest absolute Gasteiger partial charge is 0.398 e. The van der Waals surface area contributed by atoms with Crippen molar-refractivity contribution < 1.29 is 0 Å². The van der Waals surface area contributed by atoms with Crippen molar-refractivity contribution in [1.29, 1.82) is 0 Å². The summed E-state index contributed by atoms with van der Waals surface area (Å²) >= 11 is 0. The van der Waals surface area contributed by atoms with E-state index >= 15 is 0 Å². The fourth-order valence-corrected chi connectivity index (χ4v) is 4.89. The minimum Gasteiger partial charge on any atom is -0.398 e. The van der Waals surface area contributed by atoms with Gasteiger partial charge in [-0.15, -0.1) is 0 Å². The summed E-state index contributed by atoms with van der Waals surface area (Å²) < 4.78 is 0. The van der Waals surface area contributed by atoms with Gasteiger partial charge in [-0.2, -0.15) is 4.98 Å². The average Bonchev–Trinajstić information content (AvgIpc) is 2.78. The monoisotopic (exact) mass is 421 g/mol. The number of aliphatic imine (C=N–C) groups is 1. The number of aryl methyl sites for hydroxylation is 1. The second kappa shape index (κ2) is 9.22. The molecule has 166 valence electrons. The minimum atomic E-state index is 0.480. The standard InChI is InChI=1S/C24H35N7/c1-16-15-28-23(30-19-4-5-20(17(2)26-3)21(25)14-19)31-22(16)29-18-6-8-24(9-7-18)10-12-27-13-11-24/h4-5,14-15,18,27H,6-13,25H2,1-3H3,(H2,28,29,30,31). The Morgan fingerprint density at radius 2 is 1.94 bits per heavy atom. The third-order valence-electron chi connectivity index (χ3n) is 7.06. The summed E-state index contributed by atoms with van der Waals surface area (Å²) in [6.07, 6.45) is 9.57. The number of piperidine rings is 1. The van der Waals surface area contributed by atoms with Crippen molar-refractivity contribution in [2.24, 2.45) is 10.4 Å². The molecule has 1 saturated carbocycles. The molecular weight excluding hydrogens is 386 g/mol. The topological polar surface area (TPSA) is 100 Å². The molecule has 2 aromatic rings. The molecule has 0 atom stereocenters. The van der Waals surface area contributed by atoms with Gasteiger partial charge in [0.25, 0.3) is 0 Å². The molecule has 1 saturated heterocycles. The number of anilines is 4. The minimum absolute atomic E-state index is 0.480. The molecule has 1 spiro atoms. The summed E-state index contributed by atoms with van der Waals surface area (Å²) in [6, 6.07) is 6.34. The molecular formula is C24H35N7. The predicted octanol–water partition coefficient (Wildman–Crippen LogP) is 4.27. The molecule has 5 N–H and O–H groups in total. The van der Waals surface area contributed by atoms with Gasteiger partial charge in [0, 0.05) is 47.5 Å². The van der Waals surface area contributed by atoms with Crippen LogP contribution in [0.15, 0.2) is 29.4 Å². The second-order valence-corrected chi connectivity index (χ2v) is 9.13. The van der Waals surface area contributed by atoms with Crippen LogP contribution >= 0.6 is 0 Å². The van der Waals surface area contributed by atoms with E-state index in [4.69, 9.17) is 10.7 Å². The number of nitrogens with one attached hydrogen (secondary N) is 3. The van der Waals surface area contributed by atoms with Crippen molar-refractivity contribution in [3.8, 4) is 0 Å². The average molecular weight is 422 g/mol. The van der Waals surface area contributed by atoms with Crippen LogP contribution < -0.4 is 21.7 Å². The van der Waals surface area contributed by atoms with Gasteiger partial charge in [-0.3, -0.25) is 4.99 Å². The van der Waals surface area contributed by atoms with Gasteiger partial charge in [0.2, 0.25) is 5.95 Å². The highest BCUT2D eigenvalue weighted by Crippen LogP contribution is 2.43. The number of rotatable bonds is 5. The zero-order valence-electron chi connectivity index (χ0n) is 19.0. The van der Waals surface area contributed by atoms with Gasteiger partial charge in [-0.05, 0) is 89.1 Å². The predicted molar refractivity (Wildman–Crippen MR) is 129 cm³/mol. The Morgan fingerprint density at radius 1 is 1.19 bits per heavy atom. The number of hydrogen-bond acceptors (Lipinski definition) is 7. The lowest BCUT2D eigenvalue weighted by Gasteiger charge is -2.43.